The van der Waals surface area contributed by atoms with Crippen LogP contribution in [-0.2, 0) is 13.1 Å². The molecule has 2 rings (SSSR count). The van der Waals surface area contributed by atoms with Crippen molar-refractivity contribution in [2.75, 3.05) is 11.9 Å². The van der Waals surface area contributed by atoms with E-state index in [1.54, 1.807) is 6.26 Å². The fourth-order valence-corrected chi connectivity index (χ4v) is 1.72. The van der Waals surface area contributed by atoms with Gasteiger partial charge in [0.05, 0.1) is 12.8 Å². The van der Waals surface area contributed by atoms with Gasteiger partial charge < -0.3 is 15.1 Å². The summed E-state index contributed by atoms with van der Waals surface area (Å²) in [7, 11) is 2.06. The Hall–Kier alpha value is -1.74. The Labute approximate surface area is 95.5 Å². The topological polar surface area (TPSA) is 42.4 Å². The fourth-order valence-electron chi connectivity index (χ4n) is 1.72. The lowest BCUT2D eigenvalue weighted by Crippen LogP contribution is -2.17. The average molecular weight is 216 g/mol. The van der Waals surface area contributed by atoms with Crippen LogP contribution in [0.15, 0.2) is 47.1 Å². The lowest BCUT2D eigenvalue weighted by atomic mass is 10.2. The quantitative estimate of drug-likeness (QED) is 0.853. The van der Waals surface area contributed by atoms with Crippen molar-refractivity contribution in [3.05, 3.63) is 54.0 Å². The molecular formula is C13H16N2O. The summed E-state index contributed by atoms with van der Waals surface area (Å²) in [6, 6.07) is 12.2. The van der Waals surface area contributed by atoms with Crippen LogP contribution in [-0.4, -0.2) is 7.05 Å². The molecule has 1 aromatic carbocycles. The van der Waals surface area contributed by atoms with Gasteiger partial charge in [-0.05, 0) is 18.2 Å². The summed E-state index contributed by atoms with van der Waals surface area (Å²) in [6.45, 7) is 1.26. The molecule has 0 atom stereocenters. The first kappa shape index (κ1) is 10.8. The first-order valence-corrected chi connectivity index (χ1v) is 5.32. The smallest absolute Gasteiger partial charge is 0.122 e. The van der Waals surface area contributed by atoms with Crippen molar-refractivity contribution in [2.24, 2.45) is 5.73 Å². The molecule has 1 aromatic heterocycles. The van der Waals surface area contributed by atoms with E-state index in [9.17, 15) is 0 Å². The van der Waals surface area contributed by atoms with E-state index in [1.807, 2.05) is 24.3 Å². The van der Waals surface area contributed by atoms with E-state index in [4.69, 9.17) is 10.2 Å². The Bertz CT molecular complexity index is 436. The van der Waals surface area contributed by atoms with Crippen molar-refractivity contribution in [1.82, 2.24) is 0 Å². The SMILES string of the molecule is CN(Cc1ccoc1CN)c1ccccc1. The van der Waals surface area contributed by atoms with Gasteiger partial charge in [0.25, 0.3) is 0 Å². The number of para-hydroxylation sites is 1. The number of furan rings is 1. The third kappa shape index (κ3) is 2.25. The molecule has 0 unspecified atom stereocenters. The van der Waals surface area contributed by atoms with Crippen LogP contribution in [0.5, 0.6) is 0 Å². The van der Waals surface area contributed by atoms with Crippen LogP contribution in [0, 0.1) is 0 Å². The van der Waals surface area contributed by atoms with Crippen LogP contribution < -0.4 is 10.6 Å². The zero-order valence-corrected chi connectivity index (χ0v) is 9.39. The van der Waals surface area contributed by atoms with Crippen molar-refractivity contribution >= 4 is 5.69 Å². The summed E-state index contributed by atoms with van der Waals surface area (Å²) in [4.78, 5) is 2.17. The Morgan fingerprint density at radius 3 is 2.62 bits per heavy atom. The summed E-state index contributed by atoms with van der Waals surface area (Å²) in [5, 5.41) is 0. The van der Waals surface area contributed by atoms with Gasteiger partial charge in [-0.2, -0.15) is 0 Å². The van der Waals surface area contributed by atoms with Crippen molar-refractivity contribution in [1.29, 1.82) is 0 Å². The molecule has 0 saturated heterocycles. The monoisotopic (exact) mass is 216 g/mol. The predicted molar refractivity (Wildman–Crippen MR) is 65.1 cm³/mol. The minimum Gasteiger partial charge on any atom is -0.468 e. The van der Waals surface area contributed by atoms with Gasteiger partial charge in [-0.1, -0.05) is 18.2 Å². The zero-order valence-electron chi connectivity index (χ0n) is 9.39. The minimum absolute atomic E-state index is 0.449. The van der Waals surface area contributed by atoms with E-state index in [0.29, 0.717) is 6.54 Å². The second kappa shape index (κ2) is 4.86. The van der Waals surface area contributed by atoms with Crippen molar-refractivity contribution in [3.63, 3.8) is 0 Å². The lowest BCUT2D eigenvalue weighted by molar-refractivity contribution is 0.507. The molecule has 1 heterocycles. The lowest BCUT2D eigenvalue weighted by Gasteiger charge is -2.18. The third-order valence-electron chi connectivity index (χ3n) is 2.63. The van der Waals surface area contributed by atoms with Gasteiger partial charge in [-0.25, -0.2) is 0 Å². The summed E-state index contributed by atoms with van der Waals surface area (Å²) >= 11 is 0. The van der Waals surface area contributed by atoms with Crippen molar-refractivity contribution < 1.29 is 4.42 Å². The first-order valence-electron chi connectivity index (χ1n) is 5.32. The summed E-state index contributed by atoms with van der Waals surface area (Å²) in [5.41, 5.74) is 7.93. The highest BCUT2D eigenvalue weighted by Gasteiger charge is 2.07. The Morgan fingerprint density at radius 1 is 1.19 bits per heavy atom. The highest BCUT2D eigenvalue weighted by Crippen LogP contribution is 2.17. The molecule has 0 aliphatic rings. The molecule has 0 radical (unpaired) electrons. The number of hydrogen-bond donors (Lipinski definition) is 1. The molecule has 3 heteroatoms. The largest absolute Gasteiger partial charge is 0.468 e. The molecule has 0 bridgehead atoms. The maximum absolute atomic E-state index is 5.60. The summed E-state index contributed by atoms with van der Waals surface area (Å²) in [6.07, 6.45) is 1.69. The highest BCUT2D eigenvalue weighted by molar-refractivity contribution is 5.45. The summed E-state index contributed by atoms with van der Waals surface area (Å²) < 4.78 is 5.30. The van der Waals surface area contributed by atoms with E-state index >= 15 is 0 Å². The standard InChI is InChI=1S/C13H16N2O/c1-15(12-5-3-2-4-6-12)10-11-7-8-16-13(11)9-14/h2-8H,9-10,14H2,1H3. The number of anilines is 1. The number of nitrogens with two attached hydrogens (primary N) is 1. The number of hydrogen-bond acceptors (Lipinski definition) is 3. The molecule has 3 nitrogen and oxygen atoms in total. The number of rotatable bonds is 4. The second-order valence-electron chi connectivity index (χ2n) is 3.76. The first-order chi connectivity index (χ1) is 7.81. The van der Waals surface area contributed by atoms with Crippen LogP contribution in [0.3, 0.4) is 0 Å². The van der Waals surface area contributed by atoms with Gasteiger partial charge in [0.15, 0.2) is 0 Å². The van der Waals surface area contributed by atoms with E-state index in [-0.39, 0.29) is 0 Å². The maximum Gasteiger partial charge on any atom is 0.122 e. The third-order valence-corrected chi connectivity index (χ3v) is 2.63. The summed E-state index contributed by atoms with van der Waals surface area (Å²) in [5.74, 6) is 0.864. The molecule has 2 N–H and O–H groups in total. The van der Waals surface area contributed by atoms with E-state index in [1.165, 1.54) is 5.69 Å². The Kier molecular flexibility index (Phi) is 3.27. The Balaban J connectivity index is 2.11. The van der Waals surface area contributed by atoms with Gasteiger partial charge in [0.1, 0.15) is 5.76 Å². The molecule has 0 saturated carbocycles. The molecular weight excluding hydrogens is 200 g/mol. The molecule has 84 valence electrons. The van der Waals surface area contributed by atoms with Crippen LogP contribution in [0.1, 0.15) is 11.3 Å². The molecule has 0 spiro atoms. The van der Waals surface area contributed by atoms with Gasteiger partial charge in [-0.15, -0.1) is 0 Å². The number of nitrogens with zero attached hydrogens (tertiary/aromatic N) is 1. The Morgan fingerprint density at radius 2 is 1.94 bits per heavy atom. The molecule has 16 heavy (non-hydrogen) atoms. The normalized spacial score (nSPS) is 10.4. The fraction of sp³-hybridized carbons (Fsp3) is 0.231. The van der Waals surface area contributed by atoms with Gasteiger partial charge in [0.2, 0.25) is 0 Å². The van der Waals surface area contributed by atoms with Crippen LogP contribution in [0.25, 0.3) is 0 Å². The van der Waals surface area contributed by atoms with Crippen LogP contribution >= 0.6 is 0 Å². The average Bonchev–Trinajstić information content (AvgIpc) is 2.77. The predicted octanol–water partition coefficient (Wildman–Crippen LogP) is 2.37. The van der Waals surface area contributed by atoms with E-state index < -0.39 is 0 Å². The van der Waals surface area contributed by atoms with Crippen LogP contribution in [0.2, 0.25) is 0 Å². The van der Waals surface area contributed by atoms with Crippen molar-refractivity contribution in [3.8, 4) is 0 Å². The van der Waals surface area contributed by atoms with Crippen molar-refractivity contribution in [2.45, 2.75) is 13.1 Å². The second-order valence-corrected chi connectivity index (χ2v) is 3.76. The highest BCUT2D eigenvalue weighted by atomic mass is 16.3. The molecule has 0 aliphatic carbocycles. The molecule has 2 aromatic rings. The van der Waals surface area contributed by atoms with Gasteiger partial charge in [-0.3, -0.25) is 0 Å². The molecule has 0 fully saturated rings. The van der Waals surface area contributed by atoms with Gasteiger partial charge >= 0.3 is 0 Å². The van der Waals surface area contributed by atoms with Crippen LogP contribution in [0.4, 0.5) is 5.69 Å². The van der Waals surface area contributed by atoms with Gasteiger partial charge in [0, 0.05) is 24.8 Å². The van der Waals surface area contributed by atoms with E-state index in [0.717, 1.165) is 17.9 Å². The molecule has 0 amide bonds. The number of benzene rings is 1. The maximum atomic E-state index is 5.60. The molecule has 0 aliphatic heterocycles. The van der Waals surface area contributed by atoms with E-state index in [2.05, 4.69) is 24.1 Å². The minimum atomic E-state index is 0.449. The zero-order chi connectivity index (χ0) is 11.4.